The van der Waals surface area contributed by atoms with Gasteiger partial charge in [-0.1, -0.05) is 6.07 Å². The van der Waals surface area contributed by atoms with Crippen LogP contribution < -0.4 is 9.80 Å². The Hall–Kier alpha value is -3.68. The minimum absolute atomic E-state index is 0.00452. The van der Waals surface area contributed by atoms with Crippen molar-refractivity contribution in [3.63, 3.8) is 0 Å². The summed E-state index contributed by atoms with van der Waals surface area (Å²) in [6.45, 7) is 4.87. The van der Waals surface area contributed by atoms with Gasteiger partial charge in [0, 0.05) is 32.0 Å². The molecule has 0 unspecified atom stereocenters. The number of alkyl halides is 6. The highest BCUT2D eigenvalue weighted by molar-refractivity contribution is 7.91. The monoisotopic (exact) mass is 659 g/mol. The number of carbonyl (C=O) groups excluding carboxylic acids is 1. The fourth-order valence-corrected chi connectivity index (χ4v) is 6.57. The summed E-state index contributed by atoms with van der Waals surface area (Å²) in [4.78, 5) is 21.4. The molecular formula is C31H32F7N3O3S. The van der Waals surface area contributed by atoms with Crippen molar-refractivity contribution in [1.29, 1.82) is 0 Å². The first-order chi connectivity index (χ1) is 20.6. The minimum Gasteiger partial charge on any atom is -0.357 e. The highest BCUT2D eigenvalue weighted by Crippen LogP contribution is 2.41. The highest BCUT2D eigenvalue weighted by Gasteiger charge is 2.41. The van der Waals surface area contributed by atoms with E-state index in [9.17, 15) is 43.9 Å². The van der Waals surface area contributed by atoms with Gasteiger partial charge in [0.1, 0.15) is 21.5 Å². The van der Waals surface area contributed by atoms with Crippen LogP contribution in [0.1, 0.15) is 48.9 Å². The molecule has 0 saturated carbocycles. The van der Waals surface area contributed by atoms with Gasteiger partial charge in [0.15, 0.2) is 0 Å². The standard InChI is InChI=1S/C31H32F7N3O3S/c1-18-12-22(32)6-7-24(18)25-16-27(41-10-8-23(9-11-41)45(5,43)44)39-17-26(25)40(4)28(42)29(2,3)19-13-20(30(33,34)35)15-21(14-19)31(36,37)38/h6-7,12-17,23H,8-11H2,1-5H3. The smallest absolute Gasteiger partial charge is 0.357 e. The second-order valence-corrected chi connectivity index (χ2v) is 14.1. The Bertz CT molecular complexity index is 1680. The molecule has 244 valence electrons. The van der Waals surface area contributed by atoms with Crippen molar-refractivity contribution in [3.8, 4) is 11.1 Å². The van der Waals surface area contributed by atoms with Crippen molar-refractivity contribution in [1.82, 2.24) is 4.98 Å². The zero-order chi connectivity index (χ0) is 33.7. The van der Waals surface area contributed by atoms with Crippen LogP contribution in [0.4, 0.5) is 42.2 Å². The number of rotatable bonds is 6. The fourth-order valence-electron chi connectivity index (χ4n) is 5.50. The first-order valence-corrected chi connectivity index (χ1v) is 15.8. The van der Waals surface area contributed by atoms with Crippen LogP contribution in [0.2, 0.25) is 0 Å². The lowest BCUT2D eigenvalue weighted by Gasteiger charge is -2.34. The Kier molecular flexibility index (Phi) is 9.06. The quantitative estimate of drug-likeness (QED) is 0.262. The molecule has 1 aromatic heterocycles. The van der Waals surface area contributed by atoms with Gasteiger partial charge < -0.3 is 9.80 Å². The van der Waals surface area contributed by atoms with Crippen molar-refractivity contribution in [2.24, 2.45) is 0 Å². The number of pyridine rings is 1. The summed E-state index contributed by atoms with van der Waals surface area (Å²) >= 11 is 0. The number of anilines is 2. The number of nitrogens with zero attached hydrogens (tertiary/aromatic N) is 3. The number of carbonyl (C=O) groups is 1. The van der Waals surface area contributed by atoms with Crippen molar-refractivity contribution in [2.75, 3.05) is 36.2 Å². The average Bonchev–Trinajstić information content (AvgIpc) is 2.94. The maximum absolute atomic E-state index is 14.0. The number of amides is 1. The van der Waals surface area contributed by atoms with E-state index in [0.717, 1.165) is 4.90 Å². The molecule has 0 aliphatic carbocycles. The highest BCUT2D eigenvalue weighted by atomic mass is 32.2. The van der Waals surface area contributed by atoms with Gasteiger partial charge in [-0.15, -0.1) is 0 Å². The third kappa shape index (κ3) is 7.26. The molecule has 6 nitrogen and oxygen atoms in total. The SMILES string of the molecule is Cc1cc(F)ccc1-c1cc(N2CCC(S(C)(=O)=O)CC2)ncc1N(C)C(=O)C(C)(C)c1cc(C(F)(F)F)cc(C(F)(F)F)c1. The normalized spacial score (nSPS) is 15.3. The molecule has 0 spiro atoms. The predicted molar refractivity (Wildman–Crippen MR) is 157 cm³/mol. The third-order valence-corrected chi connectivity index (χ3v) is 9.91. The lowest BCUT2D eigenvalue weighted by molar-refractivity contribution is -0.143. The number of halogens is 7. The molecule has 45 heavy (non-hydrogen) atoms. The molecule has 1 aliphatic rings. The van der Waals surface area contributed by atoms with E-state index in [1.165, 1.54) is 51.5 Å². The molecule has 0 N–H and O–H groups in total. The Morgan fingerprint density at radius 2 is 1.42 bits per heavy atom. The Morgan fingerprint density at radius 1 is 0.889 bits per heavy atom. The second-order valence-electron chi connectivity index (χ2n) is 11.8. The summed E-state index contributed by atoms with van der Waals surface area (Å²) in [5.74, 6) is -0.873. The van der Waals surface area contributed by atoms with Crippen LogP contribution in [-0.4, -0.2) is 51.0 Å². The van der Waals surface area contributed by atoms with Crippen LogP contribution >= 0.6 is 0 Å². The number of benzene rings is 2. The van der Waals surface area contributed by atoms with E-state index in [4.69, 9.17) is 0 Å². The van der Waals surface area contributed by atoms with Crippen molar-refractivity contribution < 1.29 is 43.9 Å². The van der Waals surface area contributed by atoms with Crippen molar-refractivity contribution in [3.05, 3.63) is 76.7 Å². The fraction of sp³-hybridized carbons (Fsp3) is 0.419. The number of hydrogen-bond donors (Lipinski definition) is 0. The third-order valence-electron chi connectivity index (χ3n) is 8.23. The van der Waals surface area contributed by atoms with Crippen molar-refractivity contribution in [2.45, 2.75) is 56.6 Å². The lowest BCUT2D eigenvalue weighted by Crippen LogP contribution is -2.42. The lowest BCUT2D eigenvalue weighted by atomic mass is 9.81. The molecule has 1 aliphatic heterocycles. The summed E-state index contributed by atoms with van der Waals surface area (Å²) in [5, 5.41) is -0.494. The molecule has 1 amide bonds. The second kappa shape index (κ2) is 11.9. The predicted octanol–water partition coefficient (Wildman–Crippen LogP) is 7.19. The summed E-state index contributed by atoms with van der Waals surface area (Å²) in [5.41, 5.74) is -3.83. The molecule has 1 fully saturated rings. The van der Waals surface area contributed by atoms with Crippen LogP contribution in [0.15, 0.2) is 48.7 Å². The maximum Gasteiger partial charge on any atom is 0.416 e. The van der Waals surface area contributed by atoms with E-state index < -0.39 is 61.3 Å². The van der Waals surface area contributed by atoms with Gasteiger partial charge in [-0.05, 0) is 86.7 Å². The average molecular weight is 660 g/mol. The number of piperidine rings is 1. The van der Waals surface area contributed by atoms with Crippen LogP contribution in [-0.2, 0) is 32.4 Å². The number of sulfone groups is 1. The Labute approximate surface area is 256 Å². The number of hydrogen-bond acceptors (Lipinski definition) is 5. The number of aryl methyl sites for hydroxylation is 1. The van der Waals surface area contributed by atoms with Gasteiger partial charge in [-0.25, -0.2) is 17.8 Å². The first-order valence-electron chi connectivity index (χ1n) is 13.9. The van der Waals surface area contributed by atoms with E-state index in [2.05, 4.69) is 4.98 Å². The van der Waals surface area contributed by atoms with Crippen LogP contribution in [0.5, 0.6) is 0 Å². The summed E-state index contributed by atoms with van der Waals surface area (Å²) in [6.07, 6.45) is -6.90. The van der Waals surface area contributed by atoms with Gasteiger partial charge in [0.25, 0.3) is 0 Å². The van der Waals surface area contributed by atoms with Crippen LogP contribution in [0.25, 0.3) is 11.1 Å². The molecule has 2 aromatic carbocycles. The van der Waals surface area contributed by atoms with E-state index in [1.54, 1.807) is 13.0 Å². The summed E-state index contributed by atoms with van der Waals surface area (Å²) < 4.78 is 120. The largest absolute Gasteiger partial charge is 0.416 e. The summed E-state index contributed by atoms with van der Waals surface area (Å²) in [6, 6.07) is 6.72. The molecule has 14 heteroatoms. The molecular weight excluding hydrogens is 627 g/mol. The van der Waals surface area contributed by atoms with Crippen molar-refractivity contribution >= 4 is 27.2 Å². The topological polar surface area (TPSA) is 70.6 Å². The van der Waals surface area contributed by atoms with Gasteiger partial charge in [-0.3, -0.25) is 4.79 Å². The number of likely N-dealkylation sites (N-methyl/N-ethyl adjacent to an activating group) is 1. The molecule has 0 radical (unpaired) electrons. The molecule has 3 aromatic rings. The zero-order valence-corrected chi connectivity index (χ0v) is 26.0. The van der Waals surface area contributed by atoms with Gasteiger partial charge in [0.2, 0.25) is 5.91 Å². The number of aromatic nitrogens is 1. The van der Waals surface area contributed by atoms with Gasteiger partial charge >= 0.3 is 12.4 Å². The van der Waals surface area contributed by atoms with E-state index in [-0.39, 0.29) is 11.8 Å². The van der Waals surface area contributed by atoms with E-state index in [1.807, 2.05) is 4.90 Å². The van der Waals surface area contributed by atoms with Gasteiger partial charge in [-0.2, -0.15) is 26.3 Å². The van der Waals surface area contributed by atoms with Gasteiger partial charge in [0.05, 0.1) is 33.7 Å². The van der Waals surface area contributed by atoms with E-state index >= 15 is 0 Å². The molecule has 0 bridgehead atoms. The first kappa shape index (κ1) is 34.2. The molecule has 2 heterocycles. The Morgan fingerprint density at radius 3 is 1.91 bits per heavy atom. The zero-order valence-electron chi connectivity index (χ0n) is 25.1. The van der Waals surface area contributed by atoms with Crippen LogP contribution in [0, 0.1) is 12.7 Å². The molecule has 0 atom stereocenters. The molecule has 1 saturated heterocycles. The molecule has 4 rings (SSSR count). The summed E-state index contributed by atoms with van der Waals surface area (Å²) in [7, 11) is -1.90. The van der Waals surface area contributed by atoms with E-state index in [0.29, 0.717) is 60.6 Å². The van der Waals surface area contributed by atoms with Crippen LogP contribution in [0.3, 0.4) is 0 Å². The minimum atomic E-state index is -5.09. The Balaban J connectivity index is 1.79. The maximum atomic E-state index is 14.0.